The van der Waals surface area contributed by atoms with Gasteiger partial charge in [0, 0.05) is 49.4 Å². The third-order valence-electron chi connectivity index (χ3n) is 5.13. The van der Waals surface area contributed by atoms with Crippen molar-refractivity contribution in [2.24, 2.45) is 13.0 Å². The maximum absolute atomic E-state index is 12.5. The molecule has 0 atom stereocenters. The number of aromatic nitrogens is 4. The number of ketones is 1. The zero-order chi connectivity index (χ0) is 21.8. The number of nitrogens with zero attached hydrogens (tertiary/aromatic N) is 4. The normalized spacial score (nSPS) is 11.1. The molecule has 158 valence electrons. The lowest BCUT2D eigenvalue weighted by molar-refractivity contribution is -0.116. The van der Waals surface area contributed by atoms with Crippen LogP contribution in [0.1, 0.15) is 53.4 Å². The lowest BCUT2D eigenvalue weighted by Crippen LogP contribution is -2.13. The molecule has 0 aliphatic heterocycles. The minimum absolute atomic E-state index is 0.0615. The molecule has 2 heterocycles. The van der Waals surface area contributed by atoms with Gasteiger partial charge in [0.2, 0.25) is 11.7 Å². The van der Waals surface area contributed by atoms with Gasteiger partial charge < -0.3 is 9.88 Å². The van der Waals surface area contributed by atoms with E-state index in [1.54, 1.807) is 48.3 Å². The lowest BCUT2D eigenvalue weighted by atomic mass is 10.1. The lowest BCUT2D eigenvalue weighted by Gasteiger charge is -2.09. The highest BCUT2D eigenvalue weighted by molar-refractivity contribution is 6.07. The first-order valence-electron chi connectivity index (χ1n) is 10.2. The van der Waals surface area contributed by atoms with Gasteiger partial charge in [-0.1, -0.05) is 13.8 Å². The highest BCUT2D eigenvalue weighted by Gasteiger charge is 2.15. The van der Waals surface area contributed by atoms with Crippen LogP contribution in [0.4, 0.5) is 5.69 Å². The zero-order valence-electron chi connectivity index (χ0n) is 18.3. The van der Waals surface area contributed by atoms with Gasteiger partial charge in [-0.3, -0.25) is 14.3 Å². The standard InChI is InChI=1S/C23H29N5O2/c1-15(2)14-28-17(4)20(16(3)26-28)10-11-21(29)25-19-8-6-18(7-9-19)22(30)23-24-12-13-27(23)5/h6-9,12-13,15H,10-11,14H2,1-5H3,(H,25,29). The number of aryl methyl sites for hydroxylation is 2. The summed E-state index contributed by atoms with van der Waals surface area (Å²) < 4.78 is 3.72. The molecule has 0 bridgehead atoms. The summed E-state index contributed by atoms with van der Waals surface area (Å²) in [7, 11) is 1.78. The Kier molecular flexibility index (Phi) is 6.50. The summed E-state index contributed by atoms with van der Waals surface area (Å²) in [6, 6.07) is 6.89. The maximum Gasteiger partial charge on any atom is 0.228 e. The Morgan fingerprint density at radius 2 is 1.83 bits per heavy atom. The van der Waals surface area contributed by atoms with E-state index in [4.69, 9.17) is 0 Å². The fourth-order valence-electron chi connectivity index (χ4n) is 3.50. The number of rotatable bonds is 8. The van der Waals surface area contributed by atoms with Gasteiger partial charge in [-0.25, -0.2) is 4.98 Å². The fraction of sp³-hybridized carbons (Fsp3) is 0.391. The molecule has 2 aromatic heterocycles. The Labute approximate surface area is 177 Å². The molecule has 0 saturated carbocycles. The van der Waals surface area contributed by atoms with Crippen LogP contribution in [0.2, 0.25) is 0 Å². The number of imidazole rings is 1. The van der Waals surface area contributed by atoms with E-state index in [1.807, 2.05) is 11.6 Å². The minimum Gasteiger partial charge on any atom is -0.331 e. The second-order valence-electron chi connectivity index (χ2n) is 8.04. The molecule has 7 nitrogen and oxygen atoms in total. The number of hydrogen-bond donors (Lipinski definition) is 1. The summed E-state index contributed by atoms with van der Waals surface area (Å²) in [5.74, 6) is 0.695. The Balaban J connectivity index is 1.59. The summed E-state index contributed by atoms with van der Waals surface area (Å²) in [5.41, 5.74) is 4.46. The van der Waals surface area contributed by atoms with Crippen molar-refractivity contribution >= 4 is 17.4 Å². The fourth-order valence-corrected chi connectivity index (χ4v) is 3.50. The number of benzene rings is 1. The predicted octanol–water partition coefficient (Wildman–Crippen LogP) is 3.69. The van der Waals surface area contributed by atoms with Crippen LogP contribution in [0.15, 0.2) is 36.7 Å². The topological polar surface area (TPSA) is 81.8 Å². The van der Waals surface area contributed by atoms with Crippen LogP contribution < -0.4 is 5.32 Å². The monoisotopic (exact) mass is 407 g/mol. The summed E-state index contributed by atoms with van der Waals surface area (Å²) >= 11 is 0. The molecule has 0 fully saturated rings. The number of nitrogens with one attached hydrogen (secondary N) is 1. The number of carbonyl (C=O) groups is 2. The number of hydrogen-bond acceptors (Lipinski definition) is 4. The molecule has 3 rings (SSSR count). The zero-order valence-corrected chi connectivity index (χ0v) is 18.3. The van der Waals surface area contributed by atoms with Gasteiger partial charge in [-0.2, -0.15) is 5.10 Å². The summed E-state index contributed by atoms with van der Waals surface area (Å²) in [4.78, 5) is 29.0. The summed E-state index contributed by atoms with van der Waals surface area (Å²) in [6.07, 6.45) is 4.36. The van der Waals surface area contributed by atoms with Gasteiger partial charge in [-0.15, -0.1) is 0 Å². The molecule has 3 aromatic rings. The Morgan fingerprint density at radius 1 is 1.13 bits per heavy atom. The van der Waals surface area contributed by atoms with Crippen LogP contribution in [-0.2, 0) is 24.8 Å². The molecule has 1 N–H and O–H groups in total. The van der Waals surface area contributed by atoms with Crippen LogP contribution in [0, 0.1) is 19.8 Å². The van der Waals surface area contributed by atoms with Gasteiger partial charge in [0.1, 0.15) is 0 Å². The van der Waals surface area contributed by atoms with Crippen LogP contribution in [0.25, 0.3) is 0 Å². The van der Waals surface area contributed by atoms with E-state index in [1.165, 1.54) is 0 Å². The quantitative estimate of drug-likeness (QED) is 0.578. The van der Waals surface area contributed by atoms with Crippen molar-refractivity contribution in [1.29, 1.82) is 0 Å². The van der Waals surface area contributed by atoms with Gasteiger partial charge in [0.05, 0.1) is 5.69 Å². The van der Waals surface area contributed by atoms with E-state index in [2.05, 4.69) is 36.2 Å². The van der Waals surface area contributed by atoms with Gasteiger partial charge in [-0.05, 0) is 56.0 Å². The summed E-state index contributed by atoms with van der Waals surface area (Å²) in [5, 5.41) is 7.52. The molecule has 0 aliphatic carbocycles. The maximum atomic E-state index is 12.5. The van der Waals surface area contributed by atoms with E-state index < -0.39 is 0 Å². The molecule has 0 spiro atoms. The van der Waals surface area contributed by atoms with E-state index in [0.717, 1.165) is 23.5 Å². The highest BCUT2D eigenvalue weighted by Crippen LogP contribution is 2.18. The molecule has 0 aliphatic rings. The van der Waals surface area contributed by atoms with Crippen molar-refractivity contribution in [2.75, 3.05) is 5.32 Å². The smallest absolute Gasteiger partial charge is 0.228 e. The van der Waals surface area contributed by atoms with Gasteiger partial charge >= 0.3 is 0 Å². The highest BCUT2D eigenvalue weighted by atomic mass is 16.1. The molecule has 1 aromatic carbocycles. The average Bonchev–Trinajstić information content (AvgIpc) is 3.23. The molecular weight excluding hydrogens is 378 g/mol. The van der Waals surface area contributed by atoms with Crippen molar-refractivity contribution < 1.29 is 9.59 Å². The van der Waals surface area contributed by atoms with Gasteiger partial charge in [0.15, 0.2) is 5.82 Å². The number of anilines is 1. The van der Waals surface area contributed by atoms with Crippen LogP contribution in [-0.4, -0.2) is 31.0 Å². The minimum atomic E-state index is -0.148. The van der Waals surface area contributed by atoms with Crippen molar-refractivity contribution in [3.05, 3.63) is 65.0 Å². The molecule has 30 heavy (non-hydrogen) atoms. The van der Waals surface area contributed by atoms with Crippen molar-refractivity contribution in [1.82, 2.24) is 19.3 Å². The van der Waals surface area contributed by atoms with E-state index >= 15 is 0 Å². The second kappa shape index (κ2) is 9.07. The van der Waals surface area contributed by atoms with Crippen molar-refractivity contribution in [3.8, 4) is 0 Å². The third kappa shape index (κ3) is 4.84. The molecule has 0 saturated heterocycles. The molecular formula is C23H29N5O2. The molecule has 0 radical (unpaired) electrons. The SMILES string of the molecule is Cc1nn(CC(C)C)c(C)c1CCC(=O)Nc1ccc(C(=O)c2nccn2C)cc1. The predicted molar refractivity (Wildman–Crippen MR) is 117 cm³/mol. The molecule has 1 amide bonds. The second-order valence-corrected chi connectivity index (χ2v) is 8.04. The van der Waals surface area contributed by atoms with Crippen molar-refractivity contribution in [3.63, 3.8) is 0 Å². The van der Waals surface area contributed by atoms with E-state index in [9.17, 15) is 9.59 Å². The van der Waals surface area contributed by atoms with Crippen LogP contribution >= 0.6 is 0 Å². The number of carbonyl (C=O) groups excluding carboxylic acids is 2. The van der Waals surface area contributed by atoms with Gasteiger partial charge in [0.25, 0.3) is 0 Å². The Hall–Kier alpha value is -3.22. The largest absolute Gasteiger partial charge is 0.331 e. The first kappa shape index (κ1) is 21.5. The van der Waals surface area contributed by atoms with E-state index in [-0.39, 0.29) is 11.7 Å². The summed E-state index contributed by atoms with van der Waals surface area (Å²) in [6.45, 7) is 9.26. The Bertz CT molecular complexity index is 1040. The van der Waals surface area contributed by atoms with E-state index in [0.29, 0.717) is 35.8 Å². The Morgan fingerprint density at radius 3 is 2.43 bits per heavy atom. The van der Waals surface area contributed by atoms with Crippen LogP contribution in [0.3, 0.4) is 0 Å². The average molecular weight is 408 g/mol. The third-order valence-corrected chi connectivity index (χ3v) is 5.13. The number of amides is 1. The molecule has 7 heteroatoms. The first-order valence-corrected chi connectivity index (χ1v) is 10.2. The molecule has 0 unspecified atom stereocenters. The van der Waals surface area contributed by atoms with Crippen molar-refractivity contribution in [2.45, 2.75) is 47.1 Å². The van der Waals surface area contributed by atoms with Crippen LogP contribution in [0.5, 0.6) is 0 Å². The first-order chi connectivity index (χ1) is 14.3.